The van der Waals surface area contributed by atoms with Crippen molar-refractivity contribution in [1.82, 2.24) is 9.38 Å². The monoisotopic (exact) mass is 302 g/mol. The Bertz CT molecular complexity index is 845. The Morgan fingerprint density at radius 2 is 1.32 bits per heavy atom. The van der Waals surface area contributed by atoms with Crippen LogP contribution in [0.1, 0.15) is 0 Å². The van der Waals surface area contributed by atoms with Crippen LogP contribution in [0.4, 0.5) is 0 Å². The topological polar surface area (TPSA) is 17.3 Å². The number of hydrogen-bond acceptors (Lipinski definition) is 1. The maximum absolute atomic E-state index is 4.57. The van der Waals surface area contributed by atoms with Crippen LogP contribution in [0, 0.1) is 0 Å². The molecule has 0 bridgehead atoms. The second-order valence-corrected chi connectivity index (χ2v) is 7.24. The fourth-order valence-corrected chi connectivity index (χ4v) is 5.09. The smallest absolute Gasteiger partial charge is 0.145 e. The van der Waals surface area contributed by atoms with Gasteiger partial charge in [-0.05, 0) is 30.7 Å². The van der Waals surface area contributed by atoms with Crippen LogP contribution in [0.15, 0.2) is 91.4 Å². The lowest BCUT2D eigenvalue weighted by molar-refractivity contribution is 1.20. The van der Waals surface area contributed by atoms with Crippen molar-refractivity contribution in [1.29, 1.82) is 0 Å². The Hall–Kier alpha value is -2.44. The molecule has 0 aliphatic carbocycles. The fraction of sp³-hybridized carbons (Fsp3) is 0. The van der Waals surface area contributed by atoms with Crippen molar-refractivity contribution in [3.05, 3.63) is 91.4 Å². The number of hydrogen-bond donors (Lipinski definition) is 0. The van der Waals surface area contributed by atoms with Gasteiger partial charge in [-0.25, -0.2) is 4.98 Å². The molecule has 0 saturated heterocycles. The van der Waals surface area contributed by atoms with Crippen molar-refractivity contribution in [2.45, 2.75) is 0 Å². The van der Waals surface area contributed by atoms with Crippen LogP contribution in [0.5, 0.6) is 0 Å². The Labute approximate surface area is 130 Å². The second-order valence-electron chi connectivity index (χ2n) is 5.06. The van der Waals surface area contributed by atoms with Gasteiger partial charge in [-0.3, -0.25) is 0 Å². The molecule has 0 fully saturated rings. The molecule has 0 aliphatic rings. The number of nitrogens with zero attached hydrogens (tertiary/aromatic N) is 2. The van der Waals surface area contributed by atoms with Gasteiger partial charge < -0.3 is 4.40 Å². The quantitative estimate of drug-likeness (QED) is 0.532. The molecule has 2 aromatic heterocycles. The molecule has 106 valence electrons. The summed E-state index contributed by atoms with van der Waals surface area (Å²) in [6.45, 7) is 0. The van der Waals surface area contributed by atoms with Crippen molar-refractivity contribution in [2.24, 2.45) is 0 Å². The summed E-state index contributed by atoms with van der Waals surface area (Å²) in [5.41, 5.74) is 1.04. The maximum atomic E-state index is 4.57. The van der Waals surface area contributed by atoms with Gasteiger partial charge in [0.15, 0.2) is 0 Å². The highest BCUT2D eigenvalue weighted by Gasteiger charge is 2.19. The van der Waals surface area contributed by atoms with Crippen molar-refractivity contribution in [2.75, 3.05) is 0 Å². The maximum Gasteiger partial charge on any atom is 0.145 e. The minimum absolute atomic E-state index is 0.603. The number of aromatic nitrogens is 2. The lowest BCUT2D eigenvalue weighted by atomic mass is 10.4. The molecule has 4 aromatic rings. The SMILES string of the molecule is c1ccc(P(c2ccccc2)c2cccn3ccnc23)cc1. The van der Waals surface area contributed by atoms with Crippen LogP contribution in [0.3, 0.4) is 0 Å². The summed E-state index contributed by atoms with van der Waals surface area (Å²) in [6, 6.07) is 25.7. The van der Waals surface area contributed by atoms with Crippen molar-refractivity contribution >= 4 is 29.5 Å². The molecule has 2 nitrogen and oxygen atoms in total. The molecule has 0 saturated carbocycles. The number of benzene rings is 2. The van der Waals surface area contributed by atoms with Crippen LogP contribution in [-0.4, -0.2) is 9.38 Å². The first-order valence-corrected chi connectivity index (χ1v) is 8.59. The Kier molecular flexibility index (Phi) is 3.46. The van der Waals surface area contributed by atoms with Crippen LogP contribution < -0.4 is 15.9 Å². The third kappa shape index (κ3) is 2.32. The van der Waals surface area contributed by atoms with Crippen LogP contribution in [0.25, 0.3) is 5.65 Å². The molecule has 0 N–H and O–H groups in total. The first-order valence-electron chi connectivity index (χ1n) is 7.25. The Morgan fingerprint density at radius 3 is 1.95 bits per heavy atom. The molecule has 2 aromatic carbocycles. The highest BCUT2D eigenvalue weighted by molar-refractivity contribution is 7.80. The van der Waals surface area contributed by atoms with Gasteiger partial charge in [0.25, 0.3) is 0 Å². The largest absolute Gasteiger partial charge is 0.307 e. The molecule has 0 amide bonds. The number of fused-ring (bicyclic) bond motifs is 1. The van der Waals surface area contributed by atoms with E-state index in [0.29, 0.717) is 0 Å². The van der Waals surface area contributed by atoms with Gasteiger partial charge >= 0.3 is 0 Å². The minimum atomic E-state index is -0.603. The van der Waals surface area contributed by atoms with Gasteiger partial charge in [-0.15, -0.1) is 0 Å². The Balaban J connectivity index is 1.97. The number of pyridine rings is 1. The second kappa shape index (κ2) is 5.75. The predicted octanol–water partition coefficient (Wildman–Crippen LogP) is 3.09. The van der Waals surface area contributed by atoms with Gasteiger partial charge in [0.05, 0.1) is 0 Å². The lowest BCUT2D eigenvalue weighted by Crippen LogP contribution is -2.22. The van der Waals surface area contributed by atoms with Gasteiger partial charge in [-0.1, -0.05) is 60.7 Å². The Morgan fingerprint density at radius 1 is 0.682 bits per heavy atom. The molecule has 22 heavy (non-hydrogen) atoms. The van der Waals surface area contributed by atoms with E-state index in [1.165, 1.54) is 15.9 Å². The number of imidazole rings is 1. The molecule has 0 unspecified atom stereocenters. The third-order valence-corrected chi connectivity index (χ3v) is 6.13. The average Bonchev–Trinajstić information content (AvgIpc) is 3.07. The van der Waals surface area contributed by atoms with Crippen molar-refractivity contribution in [3.63, 3.8) is 0 Å². The number of rotatable bonds is 3. The molecular formula is C19H15N2P. The summed E-state index contributed by atoms with van der Waals surface area (Å²) >= 11 is 0. The van der Waals surface area contributed by atoms with Crippen molar-refractivity contribution < 1.29 is 0 Å². The van der Waals surface area contributed by atoms with E-state index in [0.717, 1.165) is 5.65 Å². The van der Waals surface area contributed by atoms with Gasteiger partial charge in [0.2, 0.25) is 0 Å². The van der Waals surface area contributed by atoms with Gasteiger partial charge in [0, 0.05) is 23.9 Å². The highest BCUT2D eigenvalue weighted by atomic mass is 31.1. The van der Waals surface area contributed by atoms with E-state index >= 15 is 0 Å². The van der Waals surface area contributed by atoms with Crippen LogP contribution in [-0.2, 0) is 0 Å². The van der Waals surface area contributed by atoms with E-state index in [1.807, 2.05) is 12.4 Å². The van der Waals surface area contributed by atoms with E-state index < -0.39 is 7.92 Å². The van der Waals surface area contributed by atoms with Crippen molar-refractivity contribution in [3.8, 4) is 0 Å². The fourth-order valence-electron chi connectivity index (χ4n) is 2.69. The predicted molar refractivity (Wildman–Crippen MR) is 93.9 cm³/mol. The molecule has 3 heteroatoms. The van der Waals surface area contributed by atoms with Gasteiger partial charge in [-0.2, -0.15) is 0 Å². The molecule has 0 aliphatic heterocycles. The summed E-state index contributed by atoms with van der Waals surface area (Å²) in [7, 11) is -0.603. The minimum Gasteiger partial charge on any atom is -0.307 e. The molecule has 0 radical (unpaired) electrons. The molecule has 0 atom stereocenters. The third-order valence-electron chi connectivity index (χ3n) is 3.67. The highest BCUT2D eigenvalue weighted by Crippen LogP contribution is 2.33. The molecule has 0 spiro atoms. The summed E-state index contributed by atoms with van der Waals surface area (Å²) < 4.78 is 2.09. The molecule has 4 rings (SSSR count). The zero-order chi connectivity index (χ0) is 14.8. The zero-order valence-corrected chi connectivity index (χ0v) is 12.9. The summed E-state index contributed by atoms with van der Waals surface area (Å²) in [4.78, 5) is 4.57. The van der Waals surface area contributed by atoms with Gasteiger partial charge in [0.1, 0.15) is 5.65 Å². The first kappa shape index (κ1) is 13.2. The lowest BCUT2D eigenvalue weighted by Gasteiger charge is -2.19. The first-order chi connectivity index (χ1) is 10.9. The van der Waals surface area contributed by atoms with E-state index in [2.05, 4.69) is 88.4 Å². The summed E-state index contributed by atoms with van der Waals surface area (Å²) in [6.07, 6.45) is 5.92. The van der Waals surface area contributed by atoms with E-state index in [4.69, 9.17) is 0 Å². The summed E-state index contributed by atoms with van der Waals surface area (Å²) in [5.74, 6) is 0. The van der Waals surface area contributed by atoms with E-state index in [9.17, 15) is 0 Å². The normalized spacial score (nSPS) is 11.1. The summed E-state index contributed by atoms with van der Waals surface area (Å²) in [5, 5.41) is 3.99. The van der Waals surface area contributed by atoms with E-state index in [1.54, 1.807) is 0 Å². The molecule has 2 heterocycles. The van der Waals surface area contributed by atoms with E-state index in [-0.39, 0.29) is 0 Å². The standard InChI is InChI=1S/C19H15N2P/c1-3-8-16(9-4-1)22(17-10-5-2-6-11-17)18-12-7-14-21-15-13-20-19(18)21/h1-15H. The van der Waals surface area contributed by atoms with Crippen LogP contribution >= 0.6 is 7.92 Å². The molecular weight excluding hydrogens is 287 g/mol. The van der Waals surface area contributed by atoms with Crippen LogP contribution in [0.2, 0.25) is 0 Å². The average molecular weight is 302 g/mol. The zero-order valence-electron chi connectivity index (χ0n) is 12.0.